The van der Waals surface area contributed by atoms with E-state index in [1.807, 2.05) is 12.1 Å². The molecule has 1 aliphatic heterocycles. The van der Waals surface area contributed by atoms with E-state index in [0.717, 1.165) is 32.2 Å². The number of amides is 1. The molecule has 1 unspecified atom stereocenters. The Morgan fingerprint density at radius 2 is 1.57 bits per heavy atom. The Morgan fingerprint density at radius 1 is 0.933 bits per heavy atom. The van der Waals surface area contributed by atoms with Gasteiger partial charge in [-0.05, 0) is 61.2 Å². The quantitative estimate of drug-likeness (QED) is 0.364. The Balaban J connectivity index is 0.00000320. The van der Waals surface area contributed by atoms with Gasteiger partial charge in [-0.15, -0.1) is 12.4 Å². The van der Waals surface area contributed by atoms with E-state index in [-0.39, 0.29) is 30.2 Å². The molecule has 1 fully saturated rings. The van der Waals surface area contributed by atoms with Crippen molar-refractivity contribution >= 4 is 18.3 Å². The molecule has 0 N–H and O–H groups in total. The van der Waals surface area contributed by atoms with Gasteiger partial charge in [-0.2, -0.15) is 0 Å². The molecule has 0 aliphatic carbocycles. The van der Waals surface area contributed by atoms with Gasteiger partial charge >= 0.3 is 0 Å². The van der Waals surface area contributed by atoms with Gasteiger partial charge in [0, 0.05) is 13.0 Å². The summed E-state index contributed by atoms with van der Waals surface area (Å²) in [4.78, 5) is 14.6. The molecule has 2 aromatic rings. The van der Waals surface area contributed by atoms with Crippen LogP contribution in [0, 0.1) is 5.82 Å². The molecule has 1 saturated heterocycles. The number of ether oxygens (including phenoxy) is 1. The fourth-order valence-corrected chi connectivity index (χ4v) is 4.00. The van der Waals surface area contributed by atoms with E-state index in [2.05, 4.69) is 24.0 Å². The number of benzene rings is 2. The third-order valence-electron chi connectivity index (χ3n) is 5.63. The summed E-state index contributed by atoms with van der Waals surface area (Å²) in [7, 11) is 0. The van der Waals surface area contributed by atoms with Crippen LogP contribution in [-0.2, 0) is 4.79 Å². The zero-order valence-corrected chi connectivity index (χ0v) is 18.6. The maximum atomic E-state index is 13.1. The van der Waals surface area contributed by atoms with Crippen LogP contribution in [0.3, 0.4) is 0 Å². The van der Waals surface area contributed by atoms with E-state index >= 15 is 0 Å². The van der Waals surface area contributed by atoms with Crippen LogP contribution in [0.15, 0.2) is 48.5 Å². The van der Waals surface area contributed by atoms with E-state index in [0.29, 0.717) is 17.9 Å². The zero-order chi connectivity index (χ0) is 20.5. The number of halogens is 2. The van der Waals surface area contributed by atoms with Crippen LogP contribution < -0.4 is 4.74 Å². The van der Waals surface area contributed by atoms with Gasteiger partial charge in [0.1, 0.15) is 17.3 Å². The SMILES string of the molecule is CCCCCCCC(c1ccc(Oc2ccc(F)cc2)cc1)N1CCCCC1=O.Cl. The molecule has 1 aliphatic rings. The lowest BCUT2D eigenvalue weighted by molar-refractivity contribution is -0.136. The van der Waals surface area contributed by atoms with E-state index in [1.165, 1.54) is 43.4 Å². The fourth-order valence-electron chi connectivity index (χ4n) is 4.00. The van der Waals surface area contributed by atoms with Gasteiger partial charge < -0.3 is 9.64 Å². The van der Waals surface area contributed by atoms with E-state index in [4.69, 9.17) is 4.74 Å². The van der Waals surface area contributed by atoms with Crippen molar-refractivity contribution in [1.29, 1.82) is 0 Å². The summed E-state index contributed by atoms with van der Waals surface area (Å²) < 4.78 is 18.9. The normalized spacial score (nSPS) is 14.9. The highest BCUT2D eigenvalue weighted by molar-refractivity contribution is 5.85. The highest BCUT2D eigenvalue weighted by Gasteiger charge is 2.27. The van der Waals surface area contributed by atoms with E-state index in [9.17, 15) is 9.18 Å². The average Bonchev–Trinajstić information content (AvgIpc) is 2.74. The molecule has 1 atom stereocenters. The van der Waals surface area contributed by atoms with Crippen LogP contribution in [0.5, 0.6) is 11.5 Å². The van der Waals surface area contributed by atoms with Gasteiger partial charge in [-0.3, -0.25) is 4.79 Å². The van der Waals surface area contributed by atoms with Crippen LogP contribution in [0.4, 0.5) is 4.39 Å². The van der Waals surface area contributed by atoms with Crippen molar-refractivity contribution in [2.24, 2.45) is 0 Å². The molecule has 30 heavy (non-hydrogen) atoms. The van der Waals surface area contributed by atoms with Gasteiger partial charge in [0.25, 0.3) is 0 Å². The summed E-state index contributed by atoms with van der Waals surface area (Å²) >= 11 is 0. The number of hydrogen-bond acceptors (Lipinski definition) is 2. The average molecular weight is 434 g/mol. The molecule has 0 aromatic heterocycles. The van der Waals surface area contributed by atoms with Crippen LogP contribution >= 0.6 is 12.4 Å². The van der Waals surface area contributed by atoms with Crippen molar-refractivity contribution in [2.45, 2.75) is 70.8 Å². The molecule has 0 bridgehead atoms. The second-order valence-corrected chi connectivity index (χ2v) is 7.89. The molecular weight excluding hydrogens is 401 g/mol. The number of nitrogens with zero attached hydrogens (tertiary/aromatic N) is 1. The molecule has 0 radical (unpaired) electrons. The summed E-state index contributed by atoms with van der Waals surface area (Å²) in [5.41, 5.74) is 1.17. The molecule has 1 heterocycles. The standard InChI is InChI=1S/C25H32FNO2.ClH/c1-2-3-4-5-6-9-24(27-19-8-7-10-25(27)28)20-11-15-22(16-12-20)29-23-17-13-21(26)14-18-23;/h11-18,24H,2-10,19H2,1H3;1H. The lowest BCUT2D eigenvalue weighted by Crippen LogP contribution is -2.38. The molecule has 2 aromatic carbocycles. The molecule has 164 valence electrons. The number of unbranched alkanes of at least 4 members (excludes halogenated alkanes) is 4. The Morgan fingerprint density at radius 3 is 2.20 bits per heavy atom. The number of rotatable bonds is 10. The summed E-state index contributed by atoms with van der Waals surface area (Å²) in [6.07, 6.45) is 9.91. The molecule has 0 saturated carbocycles. The first-order chi connectivity index (χ1) is 14.2. The minimum absolute atomic E-state index is 0. The van der Waals surface area contributed by atoms with Gasteiger partial charge in [-0.25, -0.2) is 4.39 Å². The maximum absolute atomic E-state index is 13.1. The van der Waals surface area contributed by atoms with E-state index in [1.54, 1.807) is 12.1 Å². The fraction of sp³-hybridized carbons (Fsp3) is 0.480. The number of hydrogen-bond donors (Lipinski definition) is 0. The monoisotopic (exact) mass is 433 g/mol. The first kappa shape index (κ1) is 24.2. The number of carbonyl (C=O) groups is 1. The van der Waals surface area contributed by atoms with Crippen molar-refractivity contribution in [2.75, 3.05) is 6.54 Å². The third-order valence-corrected chi connectivity index (χ3v) is 5.63. The van der Waals surface area contributed by atoms with E-state index < -0.39 is 0 Å². The predicted molar refractivity (Wildman–Crippen MR) is 122 cm³/mol. The summed E-state index contributed by atoms with van der Waals surface area (Å²) in [5.74, 6) is 1.33. The minimum Gasteiger partial charge on any atom is -0.457 e. The maximum Gasteiger partial charge on any atom is 0.223 e. The molecular formula is C25H33ClFNO2. The van der Waals surface area contributed by atoms with Crippen molar-refractivity contribution in [3.05, 3.63) is 59.9 Å². The smallest absolute Gasteiger partial charge is 0.223 e. The van der Waals surface area contributed by atoms with Crippen LogP contribution in [0.25, 0.3) is 0 Å². The number of piperidine rings is 1. The Bertz CT molecular complexity index is 764. The number of carbonyl (C=O) groups excluding carboxylic acids is 1. The lowest BCUT2D eigenvalue weighted by Gasteiger charge is -2.35. The van der Waals surface area contributed by atoms with Gasteiger partial charge in [0.05, 0.1) is 6.04 Å². The van der Waals surface area contributed by atoms with Crippen molar-refractivity contribution in [3.8, 4) is 11.5 Å². The molecule has 3 rings (SSSR count). The first-order valence-corrected chi connectivity index (χ1v) is 11.0. The summed E-state index contributed by atoms with van der Waals surface area (Å²) in [6.45, 7) is 3.08. The van der Waals surface area contributed by atoms with Crippen LogP contribution in [0.2, 0.25) is 0 Å². The highest BCUT2D eigenvalue weighted by atomic mass is 35.5. The second kappa shape index (κ2) is 12.6. The second-order valence-electron chi connectivity index (χ2n) is 7.89. The lowest BCUT2D eigenvalue weighted by atomic mass is 9.95. The Hall–Kier alpha value is -2.07. The topological polar surface area (TPSA) is 29.5 Å². The first-order valence-electron chi connectivity index (χ1n) is 11.0. The largest absolute Gasteiger partial charge is 0.457 e. The summed E-state index contributed by atoms with van der Waals surface area (Å²) in [6, 6.07) is 14.2. The van der Waals surface area contributed by atoms with Gasteiger partial charge in [0.2, 0.25) is 5.91 Å². The third kappa shape index (κ3) is 7.02. The molecule has 3 nitrogen and oxygen atoms in total. The van der Waals surface area contributed by atoms with Gasteiger partial charge in [0.15, 0.2) is 0 Å². The Kier molecular flexibility index (Phi) is 10.2. The van der Waals surface area contributed by atoms with Crippen LogP contribution in [0.1, 0.15) is 76.3 Å². The molecule has 1 amide bonds. The predicted octanol–water partition coefficient (Wildman–Crippen LogP) is 7.45. The van der Waals surface area contributed by atoms with Crippen LogP contribution in [-0.4, -0.2) is 17.4 Å². The Labute approximate surface area is 186 Å². The van der Waals surface area contributed by atoms with Crippen molar-refractivity contribution in [1.82, 2.24) is 4.90 Å². The van der Waals surface area contributed by atoms with Gasteiger partial charge in [-0.1, -0.05) is 51.2 Å². The van der Waals surface area contributed by atoms with Crippen molar-refractivity contribution in [3.63, 3.8) is 0 Å². The molecule has 5 heteroatoms. The van der Waals surface area contributed by atoms with Crippen molar-refractivity contribution < 1.29 is 13.9 Å². The highest BCUT2D eigenvalue weighted by Crippen LogP contribution is 2.32. The minimum atomic E-state index is -0.277. The zero-order valence-electron chi connectivity index (χ0n) is 17.8. The number of likely N-dealkylation sites (tertiary alicyclic amines) is 1. The molecule has 0 spiro atoms. The summed E-state index contributed by atoms with van der Waals surface area (Å²) in [5, 5.41) is 0.